The molecule has 0 bridgehead atoms. The van der Waals surface area contributed by atoms with Crippen LogP contribution in [0.2, 0.25) is 0 Å². The molecule has 1 aromatic heterocycles. The van der Waals surface area contributed by atoms with Gasteiger partial charge in [-0.3, -0.25) is 0 Å². The van der Waals surface area contributed by atoms with Crippen LogP contribution in [0.1, 0.15) is 12.5 Å². The molecule has 2 aromatic rings. The fourth-order valence-corrected chi connectivity index (χ4v) is 1.56. The molecule has 0 atom stereocenters. The Morgan fingerprint density at radius 2 is 1.83 bits per heavy atom. The summed E-state index contributed by atoms with van der Waals surface area (Å²) in [6.07, 6.45) is 1.47. The first-order chi connectivity index (χ1) is 8.79. The lowest BCUT2D eigenvalue weighted by molar-refractivity contribution is 0.613. The van der Waals surface area contributed by atoms with Crippen LogP contribution in [0.3, 0.4) is 0 Å². The molecule has 0 aliphatic carbocycles. The van der Waals surface area contributed by atoms with Crippen LogP contribution in [0.5, 0.6) is 0 Å². The summed E-state index contributed by atoms with van der Waals surface area (Å²) in [4.78, 5) is 8.15. The van der Waals surface area contributed by atoms with Crippen molar-refractivity contribution in [1.82, 2.24) is 9.97 Å². The summed E-state index contributed by atoms with van der Waals surface area (Å²) in [6, 6.07) is 8.47. The van der Waals surface area contributed by atoms with E-state index in [1.54, 1.807) is 18.2 Å². The van der Waals surface area contributed by atoms with E-state index in [0.717, 1.165) is 12.4 Å². The zero-order valence-corrected chi connectivity index (χ0v) is 10.2. The zero-order chi connectivity index (χ0) is 12.8. The number of nitrogens with zero attached hydrogens (tertiary/aromatic N) is 2. The van der Waals surface area contributed by atoms with Gasteiger partial charge < -0.3 is 10.6 Å². The first-order valence-corrected chi connectivity index (χ1v) is 5.83. The Balaban J connectivity index is 2.02. The molecule has 0 saturated carbocycles. The van der Waals surface area contributed by atoms with Gasteiger partial charge in [0.15, 0.2) is 0 Å². The molecular weight excluding hydrogens is 231 g/mol. The maximum atomic E-state index is 13.4. The van der Waals surface area contributed by atoms with E-state index in [2.05, 4.69) is 20.6 Å². The molecule has 94 valence electrons. The molecule has 1 aromatic carbocycles. The van der Waals surface area contributed by atoms with Crippen LogP contribution < -0.4 is 10.6 Å². The molecular formula is C13H15FN4. The van der Waals surface area contributed by atoms with Gasteiger partial charge in [-0.15, -0.1) is 0 Å². The van der Waals surface area contributed by atoms with E-state index in [9.17, 15) is 4.39 Å². The Labute approximate surface area is 105 Å². The average Bonchev–Trinajstić information content (AvgIpc) is 2.39. The summed E-state index contributed by atoms with van der Waals surface area (Å²) in [7, 11) is 0. The lowest BCUT2D eigenvalue weighted by Crippen LogP contribution is -2.05. The standard InChI is InChI=1S/C13H15FN4/c1-2-15-12-7-13(18-9-17-12)16-8-10-5-3-4-6-11(10)14/h3-7,9H,2,8H2,1H3,(H2,15,16,17,18). The van der Waals surface area contributed by atoms with Gasteiger partial charge in [0, 0.05) is 24.7 Å². The van der Waals surface area contributed by atoms with E-state index < -0.39 is 0 Å². The van der Waals surface area contributed by atoms with Crippen LogP contribution in [-0.2, 0) is 6.54 Å². The molecule has 0 radical (unpaired) electrons. The molecule has 0 aliphatic heterocycles. The second kappa shape index (κ2) is 5.95. The number of anilines is 2. The molecule has 5 heteroatoms. The van der Waals surface area contributed by atoms with Crippen molar-refractivity contribution in [2.75, 3.05) is 17.2 Å². The number of benzene rings is 1. The van der Waals surface area contributed by atoms with E-state index in [1.807, 2.05) is 13.0 Å². The molecule has 2 N–H and O–H groups in total. The highest BCUT2D eigenvalue weighted by molar-refractivity contribution is 5.46. The van der Waals surface area contributed by atoms with Crippen molar-refractivity contribution < 1.29 is 4.39 Å². The van der Waals surface area contributed by atoms with E-state index in [0.29, 0.717) is 17.9 Å². The minimum absolute atomic E-state index is 0.217. The Kier molecular flexibility index (Phi) is 4.06. The van der Waals surface area contributed by atoms with Crippen LogP contribution in [0.4, 0.5) is 16.0 Å². The Hall–Kier alpha value is -2.17. The van der Waals surface area contributed by atoms with Gasteiger partial charge in [0.05, 0.1) is 0 Å². The molecule has 0 spiro atoms. The zero-order valence-electron chi connectivity index (χ0n) is 10.2. The van der Waals surface area contributed by atoms with Crippen molar-refractivity contribution in [3.05, 3.63) is 48.0 Å². The second-order valence-electron chi connectivity index (χ2n) is 3.76. The van der Waals surface area contributed by atoms with Crippen molar-refractivity contribution in [1.29, 1.82) is 0 Å². The number of hydrogen-bond donors (Lipinski definition) is 2. The van der Waals surface area contributed by atoms with Gasteiger partial charge in [-0.2, -0.15) is 0 Å². The summed E-state index contributed by atoms with van der Waals surface area (Å²) in [5.74, 6) is 1.21. The van der Waals surface area contributed by atoms with Crippen molar-refractivity contribution in [3.8, 4) is 0 Å². The molecule has 18 heavy (non-hydrogen) atoms. The molecule has 2 rings (SSSR count). The normalized spacial score (nSPS) is 10.1. The third-order valence-electron chi connectivity index (χ3n) is 2.44. The Morgan fingerprint density at radius 1 is 1.11 bits per heavy atom. The van der Waals surface area contributed by atoms with Gasteiger partial charge in [-0.1, -0.05) is 18.2 Å². The first-order valence-electron chi connectivity index (χ1n) is 5.83. The maximum Gasteiger partial charge on any atom is 0.131 e. The Bertz CT molecular complexity index is 516. The predicted octanol–water partition coefficient (Wildman–Crippen LogP) is 2.66. The summed E-state index contributed by atoms with van der Waals surface area (Å²) < 4.78 is 13.4. The van der Waals surface area contributed by atoms with Crippen LogP contribution in [0.25, 0.3) is 0 Å². The quantitative estimate of drug-likeness (QED) is 0.851. The molecule has 4 nitrogen and oxygen atoms in total. The monoisotopic (exact) mass is 246 g/mol. The van der Waals surface area contributed by atoms with Crippen LogP contribution >= 0.6 is 0 Å². The van der Waals surface area contributed by atoms with Crippen molar-refractivity contribution in [2.45, 2.75) is 13.5 Å². The summed E-state index contributed by atoms with van der Waals surface area (Å²) in [6.45, 7) is 3.19. The Morgan fingerprint density at radius 3 is 2.56 bits per heavy atom. The van der Waals surface area contributed by atoms with Gasteiger partial charge in [0.2, 0.25) is 0 Å². The predicted molar refractivity (Wildman–Crippen MR) is 69.9 cm³/mol. The van der Waals surface area contributed by atoms with Gasteiger partial charge in [0.25, 0.3) is 0 Å². The third kappa shape index (κ3) is 3.16. The highest BCUT2D eigenvalue weighted by Gasteiger charge is 2.01. The maximum absolute atomic E-state index is 13.4. The lowest BCUT2D eigenvalue weighted by atomic mass is 10.2. The smallest absolute Gasteiger partial charge is 0.131 e. The van der Waals surface area contributed by atoms with E-state index in [1.165, 1.54) is 12.4 Å². The van der Waals surface area contributed by atoms with Gasteiger partial charge in [-0.05, 0) is 13.0 Å². The summed E-state index contributed by atoms with van der Waals surface area (Å²) in [5, 5.41) is 6.16. The highest BCUT2D eigenvalue weighted by atomic mass is 19.1. The molecule has 0 fully saturated rings. The fourth-order valence-electron chi connectivity index (χ4n) is 1.56. The van der Waals surface area contributed by atoms with E-state index >= 15 is 0 Å². The number of hydrogen-bond acceptors (Lipinski definition) is 4. The molecule has 0 aliphatic rings. The summed E-state index contributed by atoms with van der Waals surface area (Å²) >= 11 is 0. The molecule has 0 amide bonds. The number of nitrogens with one attached hydrogen (secondary N) is 2. The molecule has 1 heterocycles. The first kappa shape index (κ1) is 12.3. The van der Waals surface area contributed by atoms with Crippen molar-refractivity contribution in [2.24, 2.45) is 0 Å². The topological polar surface area (TPSA) is 49.8 Å². The number of halogens is 1. The van der Waals surface area contributed by atoms with Crippen molar-refractivity contribution >= 4 is 11.6 Å². The van der Waals surface area contributed by atoms with Crippen LogP contribution in [0, 0.1) is 5.82 Å². The largest absolute Gasteiger partial charge is 0.370 e. The molecule has 0 unspecified atom stereocenters. The van der Waals surface area contributed by atoms with Gasteiger partial charge in [-0.25, -0.2) is 14.4 Å². The van der Waals surface area contributed by atoms with E-state index in [-0.39, 0.29) is 5.82 Å². The van der Waals surface area contributed by atoms with Crippen molar-refractivity contribution in [3.63, 3.8) is 0 Å². The van der Waals surface area contributed by atoms with E-state index in [4.69, 9.17) is 0 Å². The van der Waals surface area contributed by atoms with Crippen LogP contribution in [-0.4, -0.2) is 16.5 Å². The van der Waals surface area contributed by atoms with Gasteiger partial charge in [0.1, 0.15) is 23.8 Å². The lowest BCUT2D eigenvalue weighted by Gasteiger charge is -2.08. The SMILES string of the molecule is CCNc1cc(NCc2ccccc2F)ncn1. The minimum Gasteiger partial charge on any atom is -0.370 e. The fraction of sp³-hybridized carbons (Fsp3) is 0.231. The second-order valence-corrected chi connectivity index (χ2v) is 3.76. The summed E-state index contributed by atoms with van der Waals surface area (Å²) in [5.41, 5.74) is 0.612. The third-order valence-corrected chi connectivity index (χ3v) is 2.44. The average molecular weight is 246 g/mol. The minimum atomic E-state index is -0.217. The van der Waals surface area contributed by atoms with Gasteiger partial charge >= 0.3 is 0 Å². The number of rotatable bonds is 5. The number of aromatic nitrogens is 2. The highest BCUT2D eigenvalue weighted by Crippen LogP contribution is 2.11. The molecule has 0 saturated heterocycles. The van der Waals surface area contributed by atoms with Crippen LogP contribution in [0.15, 0.2) is 36.7 Å².